The van der Waals surface area contributed by atoms with E-state index in [0.717, 1.165) is 42.6 Å². The van der Waals surface area contributed by atoms with E-state index in [1.165, 1.54) is 10.3 Å². The zero-order chi connectivity index (χ0) is 19.1. The van der Waals surface area contributed by atoms with Gasteiger partial charge in [0.25, 0.3) is 10.0 Å². The number of para-hydroxylation sites is 1. The van der Waals surface area contributed by atoms with Crippen molar-refractivity contribution in [2.45, 2.75) is 4.90 Å². The van der Waals surface area contributed by atoms with E-state index < -0.39 is 10.0 Å². The van der Waals surface area contributed by atoms with E-state index in [1.807, 2.05) is 48.5 Å². The van der Waals surface area contributed by atoms with Crippen LogP contribution in [0.3, 0.4) is 0 Å². The van der Waals surface area contributed by atoms with Gasteiger partial charge in [0.2, 0.25) is 0 Å². The number of piperazine rings is 1. The molecule has 7 heteroatoms. The Kier molecular flexibility index (Phi) is 4.07. The molecule has 1 aromatic heterocycles. The van der Waals surface area contributed by atoms with Crippen molar-refractivity contribution in [2.75, 3.05) is 31.1 Å². The average molecular weight is 392 g/mol. The molecule has 1 aliphatic heterocycles. The molecule has 1 aliphatic rings. The van der Waals surface area contributed by atoms with Crippen LogP contribution in [0.15, 0.2) is 71.9 Å². The average Bonchev–Trinajstić information content (AvgIpc) is 3.19. The van der Waals surface area contributed by atoms with E-state index in [-0.39, 0.29) is 4.90 Å². The van der Waals surface area contributed by atoms with E-state index in [4.69, 9.17) is 0 Å². The van der Waals surface area contributed by atoms with Crippen molar-refractivity contribution < 1.29 is 8.42 Å². The van der Waals surface area contributed by atoms with Gasteiger partial charge in [0, 0.05) is 26.2 Å². The molecular formula is C21H20N4O2S. The molecule has 1 N–H and O–H groups in total. The van der Waals surface area contributed by atoms with Crippen LogP contribution in [-0.4, -0.2) is 43.6 Å². The Bertz CT molecular complexity index is 1270. The minimum absolute atomic E-state index is 0.262. The number of aromatic nitrogens is 2. The highest BCUT2D eigenvalue weighted by molar-refractivity contribution is 7.90. The molecule has 1 saturated heterocycles. The molecule has 3 aromatic carbocycles. The van der Waals surface area contributed by atoms with Crippen LogP contribution in [-0.2, 0) is 10.0 Å². The molecule has 0 aliphatic carbocycles. The van der Waals surface area contributed by atoms with Crippen molar-refractivity contribution in [3.05, 3.63) is 67.0 Å². The first-order valence-electron chi connectivity index (χ1n) is 9.31. The summed E-state index contributed by atoms with van der Waals surface area (Å²) < 4.78 is 28.0. The van der Waals surface area contributed by atoms with Gasteiger partial charge in [-0.3, -0.25) is 0 Å². The number of benzene rings is 3. The van der Waals surface area contributed by atoms with Crippen molar-refractivity contribution in [3.8, 4) is 0 Å². The number of nitrogens with zero attached hydrogens (tertiary/aromatic N) is 3. The summed E-state index contributed by atoms with van der Waals surface area (Å²) in [6, 6.07) is 18.7. The highest BCUT2D eigenvalue weighted by atomic mass is 32.2. The third-order valence-electron chi connectivity index (χ3n) is 5.26. The molecule has 5 rings (SSSR count). The zero-order valence-corrected chi connectivity index (χ0v) is 16.1. The second kappa shape index (κ2) is 6.61. The van der Waals surface area contributed by atoms with Crippen LogP contribution in [0.4, 0.5) is 5.69 Å². The Labute approximate surface area is 163 Å². The van der Waals surface area contributed by atoms with Gasteiger partial charge in [0.1, 0.15) is 11.8 Å². The second-order valence-corrected chi connectivity index (χ2v) is 8.75. The number of nitrogens with one attached hydrogen (secondary N) is 1. The smallest absolute Gasteiger partial charge is 0.269 e. The van der Waals surface area contributed by atoms with Gasteiger partial charge in [-0.25, -0.2) is 17.4 Å². The van der Waals surface area contributed by atoms with Gasteiger partial charge in [-0.05, 0) is 35.0 Å². The quantitative estimate of drug-likeness (QED) is 0.581. The molecule has 0 atom stereocenters. The summed E-state index contributed by atoms with van der Waals surface area (Å²) in [7, 11) is -3.74. The molecule has 0 spiro atoms. The third kappa shape index (κ3) is 2.75. The third-order valence-corrected chi connectivity index (χ3v) is 6.92. The maximum absolute atomic E-state index is 13.3. The van der Waals surface area contributed by atoms with Crippen LogP contribution in [0.2, 0.25) is 0 Å². The van der Waals surface area contributed by atoms with Crippen LogP contribution in [0.5, 0.6) is 0 Å². The fourth-order valence-electron chi connectivity index (χ4n) is 3.80. The lowest BCUT2D eigenvalue weighted by Gasteiger charge is -2.29. The molecular weight excluding hydrogens is 372 g/mol. The van der Waals surface area contributed by atoms with Crippen molar-refractivity contribution in [1.82, 2.24) is 14.3 Å². The summed E-state index contributed by atoms with van der Waals surface area (Å²) in [5, 5.41) is 5.24. The SMILES string of the molecule is O=S(=O)(c1ccc2ccccc2c1)n1cnc2c(N3CCNCC3)cccc21. The first-order valence-corrected chi connectivity index (χ1v) is 10.7. The molecule has 0 radical (unpaired) electrons. The van der Waals surface area contributed by atoms with Gasteiger partial charge in [0.15, 0.2) is 0 Å². The Morgan fingerprint density at radius 2 is 1.68 bits per heavy atom. The molecule has 28 heavy (non-hydrogen) atoms. The maximum Gasteiger partial charge on any atom is 0.269 e. The predicted octanol–water partition coefficient (Wildman–Crippen LogP) is 2.84. The Balaban J connectivity index is 1.63. The molecule has 0 bridgehead atoms. The molecule has 6 nitrogen and oxygen atoms in total. The minimum atomic E-state index is -3.74. The van der Waals surface area contributed by atoms with Crippen LogP contribution in [0, 0.1) is 0 Å². The second-order valence-electron chi connectivity index (χ2n) is 6.94. The number of rotatable bonds is 3. The van der Waals surface area contributed by atoms with E-state index in [9.17, 15) is 8.42 Å². The van der Waals surface area contributed by atoms with E-state index in [2.05, 4.69) is 15.2 Å². The summed E-state index contributed by atoms with van der Waals surface area (Å²) in [6.07, 6.45) is 1.42. The molecule has 0 unspecified atom stereocenters. The predicted molar refractivity (Wildman–Crippen MR) is 111 cm³/mol. The fraction of sp³-hybridized carbons (Fsp3) is 0.190. The Morgan fingerprint density at radius 1 is 0.893 bits per heavy atom. The summed E-state index contributed by atoms with van der Waals surface area (Å²) in [5.74, 6) is 0. The van der Waals surface area contributed by atoms with Crippen molar-refractivity contribution in [3.63, 3.8) is 0 Å². The van der Waals surface area contributed by atoms with Gasteiger partial charge in [-0.1, -0.05) is 36.4 Å². The molecule has 142 valence electrons. The largest absolute Gasteiger partial charge is 0.367 e. The molecule has 0 saturated carbocycles. The number of fused-ring (bicyclic) bond motifs is 2. The summed E-state index contributed by atoms with van der Waals surface area (Å²) in [5.41, 5.74) is 2.30. The molecule has 1 fully saturated rings. The molecule has 4 aromatic rings. The number of imidazole rings is 1. The van der Waals surface area contributed by atoms with Crippen LogP contribution in [0.1, 0.15) is 0 Å². The number of anilines is 1. The summed E-state index contributed by atoms with van der Waals surface area (Å²) >= 11 is 0. The van der Waals surface area contributed by atoms with Gasteiger partial charge in [-0.2, -0.15) is 0 Å². The monoisotopic (exact) mass is 392 g/mol. The lowest BCUT2D eigenvalue weighted by molar-refractivity contribution is 0.588. The van der Waals surface area contributed by atoms with Crippen molar-refractivity contribution in [2.24, 2.45) is 0 Å². The lowest BCUT2D eigenvalue weighted by atomic mass is 10.1. The number of hydrogen-bond acceptors (Lipinski definition) is 5. The van der Waals surface area contributed by atoms with Crippen molar-refractivity contribution >= 4 is 37.5 Å². The normalized spacial score (nSPS) is 15.4. The highest BCUT2D eigenvalue weighted by Gasteiger charge is 2.22. The van der Waals surface area contributed by atoms with E-state index in [1.54, 1.807) is 12.1 Å². The Morgan fingerprint density at radius 3 is 2.50 bits per heavy atom. The van der Waals surface area contributed by atoms with Gasteiger partial charge in [0.05, 0.1) is 16.1 Å². The van der Waals surface area contributed by atoms with Crippen molar-refractivity contribution in [1.29, 1.82) is 0 Å². The van der Waals surface area contributed by atoms with Gasteiger partial charge >= 0.3 is 0 Å². The van der Waals surface area contributed by atoms with E-state index >= 15 is 0 Å². The van der Waals surface area contributed by atoms with Crippen LogP contribution < -0.4 is 10.2 Å². The summed E-state index contributed by atoms with van der Waals surface area (Å²) in [4.78, 5) is 6.98. The van der Waals surface area contributed by atoms with Crippen LogP contribution in [0.25, 0.3) is 21.8 Å². The van der Waals surface area contributed by atoms with Gasteiger partial charge < -0.3 is 10.2 Å². The summed E-state index contributed by atoms with van der Waals surface area (Å²) in [6.45, 7) is 3.58. The Hall–Kier alpha value is -2.90. The first-order chi connectivity index (χ1) is 13.6. The van der Waals surface area contributed by atoms with Gasteiger partial charge in [-0.15, -0.1) is 0 Å². The topological polar surface area (TPSA) is 67.2 Å². The standard InChI is InChI=1S/C21H20N4O2S/c26-28(27,18-9-8-16-4-1-2-5-17(16)14-18)25-15-23-21-19(6-3-7-20(21)25)24-12-10-22-11-13-24/h1-9,14-15,22H,10-13H2. The zero-order valence-electron chi connectivity index (χ0n) is 15.2. The first kappa shape index (κ1) is 17.2. The maximum atomic E-state index is 13.3. The molecule has 2 heterocycles. The molecule has 0 amide bonds. The fourth-order valence-corrected chi connectivity index (χ4v) is 5.12. The van der Waals surface area contributed by atoms with E-state index in [0.29, 0.717) is 11.0 Å². The number of hydrogen-bond donors (Lipinski definition) is 1. The van der Waals surface area contributed by atoms with Crippen LogP contribution >= 0.6 is 0 Å². The lowest BCUT2D eigenvalue weighted by Crippen LogP contribution is -2.43. The minimum Gasteiger partial charge on any atom is -0.367 e. The highest BCUT2D eigenvalue weighted by Crippen LogP contribution is 2.29.